The monoisotopic (exact) mass is 358 g/mol. The van der Waals surface area contributed by atoms with Crippen molar-refractivity contribution in [2.75, 3.05) is 12.5 Å². The molecule has 1 nitrogen and oxygen atoms in total. The lowest BCUT2D eigenvalue weighted by Gasteiger charge is -2.07. The first kappa shape index (κ1) is 19.8. The van der Waals surface area contributed by atoms with E-state index in [4.69, 9.17) is 16.3 Å². The number of halogens is 1. The third kappa shape index (κ3) is 8.45. The van der Waals surface area contributed by atoms with E-state index in [9.17, 15) is 0 Å². The van der Waals surface area contributed by atoms with Crippen LogP contribution >= 0.6 is 11.6 Å². The molecule has 0 aromatic heterocycles. The van der Waals surface area contributed by atoms with Crippen LogP contribution in [-0.2, 0) is 0 Å². The first-order valence-electron chi connectivity index (χ1n) is 9.74. The van der Waals surface area contributed by atoms with Crippen LogP contribution in [0.15, 0.2) is 54.6 Å². The van der Waals surface area contributed by atoms with Crippen molar-refractivity contribution in [3.8, 4) is 16.9 Å². The molecule has 0 heterocycles. The molecule has 0 N–H and O–H groups in total. The van der Waals surface area contributed by atoms with Gasteiger partial charge in [-0.05, 0) is 36.1 Å². The van der Waals surface area contributed by atoms with Crippen LogP contribution in [0.4, 0.5) is 0 Å². The molecule has 0 spiro atoms. The number of unbranched alkanes of at least 4 members (excludes halogenated alkanes) is 8. The Morgan fingerprint density at radius 1 is 0.560 bits per heavy atom. The zero-order chi connectivity index (χ0) is 17.6. The number of hydrogen-bond donors (Lipinski definition) is 0. The summed E-state index contributed by atoms with van der Waals surface area (Å²) in [4.78, 5) is 0. The molecule has 0 atom stereocenters. The van der Waals surface area contributed by atoms with Crippen molar-refractivity contribution in [2.45, 2.75) is 57.8 Å². The summed E-state index contributed by atoms with van der Waals surface area (Å²) < 4.78 is 5.86. The van der Waals surface area contributed by atoms with Crippen molar-refractivity contribution in [3.63, 3.8) is 0 Å². The lowest BCUT2D eigenvalue weighted by atomic mass is 10.1. The first-order valence-corrected chi connectivity index (χ1v) is 10.3. The fraction of sp³-hybridized carbons (Fsp3) is 0.478. The lowest BCUT2D eigenvalue weighted by Crippen LogP contribution is -1.97. The van der Waals surface area contributed by atoms with Crippen LogP contribution < -0.4 is 4.74 Å². The van der Waals surface area contributed by atoms with E-state index < -0.39 is 0 Å². The van der Waals surface area contributed by atoms with E-state index in [1.54, 1.807) is 0 Å². The molecule has 0 saturated carbocycles. The Hall–Kier alpha value is -1.47. The van der Waals surface area contributed by atoms with Crippen LogP contribution in [0.25, 0.3) is 11.1 Å². The summed E-state index contributed by atoms with van der Waals surface area (Å²) in [7, 11) is 0. The smallest absolute Gasteiger partial charge is 0.119 e. The molecule has 25 heavy (non-hydrogen) atoms. The Balaban J connectivity index is 1.51. The topological polar surface area (TPSA) is 9.23 Å². The van der Waals surface area contributed by atoms with Crippen LogP contribution in [-0.4, -0.2) is 12.5 Å². The summed E-state index contributed by atoms with van der Waals surface area (Å²) in [6.07, 6.45) is 11.6. The van der Waals surface area contributed by atoms with Crippen LogP contribution in [0.1, 0.15) is 57.8 Å². The number of rotatable bonds is 13. The molecule has 0 radical (unpaired) electrons. The van der Waals surface area contributed by atoms with Crippen LogP contribution in [0.5, 0.6) is 5.75 Å². The maximum atomic E-state index is 5.86. The molecule has 0 amide bonds. The van der Waals surface area contributed by atoms with Gasteiger partial charge in [0.25, 0.3) is 0 Å². The average molecular weight is 359 g/mol. The minimum Gasteiger partial charge on any atom is -0.494 e. The quantitative estimate of drug-likeness (QED) is 0.266. The number of benzene rings is 2. The molecule has 0 unspecified atom stereocenters. The maximum Gasteiger partial charge on any atom is 0.119 e. The van der Waals surface area contributed by atoms with Gasteiger partial charge in [-0.3, -0.25) is 0 Å². The zero-order valence-electron chi connectivity index (χ0n) is 15.3. The highest BCUT2D eigenvalue weighted by atomic mass is 35.5. The third-order valence-corrected chi connectivity index (χ3v) is 4.78. The molecule has 2 heteroatoms. The van der Waals surface area contributed by atoms with E-state index in [0.717, 1.165) is 24.7 Å². The summed E-state index contributed by atoms with van der Waals surface area (Å²) in [5.41, 5.74) is 2.48. The van der Waals surface area contributed by atoms with Gasteiger partial charge < -0.3 is 4.74 Å². The molecular weight excluding hydrogens is 328 g/mol. The molecule has 0 saturated heterocycles. The Labute approximate surface area is 158 Å². The number of alkyl halides is 1. The molecule has 0 aliphatic rings. The predicted molar refractivity (Wildman–Crippen MR) is 110 cm³/mol. The molecule has 0 bridgehead atoms. The first-order chi connectivity index (χ1) is 12.4. The molecule has 2 aromatic rings. The van der Waals surface area contributed by atoms with Crippen molar-refractivity contribution >= 4 is 11.6 Å². The second kappa shape index (κ2) is 12.8. The van der Waals surface area contributed by atoms with Gasteiger partial charge >= 0.3 is 0 Å². The second-order valence-electron chi connectivity index (χ2n) is 6.61. The average Bonchev–Trinajstić information content (AvgIpc) is 2.67. The number of ether oxygens (including phenoxy) is 1. The molecule has 0 aliphatic carbocycles. The highest BCUT2D eigenvalue weighted by Gasteiger charge is 1.98. The molecular formula is C23H31ClO. The highest BCUT2D eigenvalue weighted by Crippen LogP contribution is 2.22. The van der Waals surface area contributed by atoms with Crippen molar-refractivity contribution in [1.82, 2.24) is 0 Å². The highest BCUT2D eigenvalue weighted by molar-refractivity contribution is 6.17. The molecule has 2 aromatic carbocycles. The number of hydrogen-bond acceptors (Lipinski definition) is 1. The van der Waals surface area contributed by atoms with Crippen molar-refractivity contribution < 1.29 is 4.74 Å². The van der Waals surface area contributed by atoms with E-state index in [2.05, 4.69) is 48.5 Å². The Bertz CT molecular complexity index is 550. The third-order valence-electron chi connectivity index (χ3n) is 4.51. The van der Waals surface area contributed by atoms with Crippen molar-refractivity contribution in [1.29, 1.82) is 0 Å². The van der Waals surface area contributed by atoms with Gasteiger partial charge in [0.1, 0.15) is 5.75 Å². The van der Waals surface area contributed by atoms with Crippen LogP contribution in [0.2, 0.25) is 0 Å². The molecule has 136 valence electrons. The minimum atomic E-state index is 0.814. The zero-order valence-corrected chi connectivity index (χ0v) is 16.0. The molecule has 2 rings (SSSR count). The molecule has 0 aliphatic heterocycles. The van der Waals surface area contributed by atoms with Gasteiger partial charge in [0, 0.05) is 5.88 Å². The van der Waals surface area contributed by atoms with Gasteiger partial charge in [-0.1, -0.05) is 87.4 Å². The standard InChI is InChI=1S/C23H31ClO/c24-19-11-6-4-2-1-3-5-7-12-20-25-23-17-15-22(16-18-23)21-13-9-8-10-14-21/h8-10,13-18H,1-7,11-12,19-20H2. The van der Waals surface area contributed by atoms with Crippen molar-refractivity contribution in [3.05, 3.63) is 54.6 Å². The van der Waals surface area contributed by atoms with Gasteiger partial charge in [0.15, 0.2) is 0 Å². The van der Waals surface area contributed by atoms with E-state index in [1.165, 1.54) is 62.5 Å². The summed E-state index contributed by atoms with van der Waals surface area (Å²) in [5, 5.41) is 0. The fourth-order valence-corrected chi connectivity index (χ4v) is 3.19. The van der Waals surface area contributed by atoms with E-state index in [1.807, 2.05) is 6.07 Å². The maximum absolute atomic E-state index is 5.86. The lowest BCUT2D eigenvalue weighted by molar-refractivity contribution is 0.304. The van der Waals surface area contributed by atoms with Gasteiger partial charge in [-0.25, -0.2) is 0 Å². The van der Waals surface area contributed by atoms with E-state index in [-0.39, 0.29) is 0 Å². The summed E-state index contributed by atoms with van der Waals surface area (Å²) >= 11 is 5.68. The summed E-state index contributed by atoms with van der Waals surface area (Å²) in [5.74, 6) is 1.79. The van der Waals surface area contributed by atoms with Crippen LogP contribution in [0, 0.1) is 0 Å². The van der Waals surface area contributed by atoms with Crippen molar-refractivity contribution in [2.24, 2.45) is 0 Å². The SMILES string of the molecule is ClCCCCCCCCCCCOc1ccc(-c2ccccc2)cc1. The fourth-order valence-electron chi connectivity index (χ4n) is 3.00. The largest absolute Gasteiger partial charge is 0.494 e. The van der Waals surface area contributed by atoms with Gasteiger partial charge in [0.05, 0.1) is 6.61 Å². The van der Waals surface area contributed by atoms with Gasteiger partial charge in [-0.15, -0.1) is 11.6 Å². The Kier molecular flexibility index (Phi) is 10.2. The predicted octanol–water partition coefficient (Wildman–Crippen LogP) is 7.48. The van der Waals surface area contributed by atoms with E-state index >= 15 is 0 Å². The van der Waals surface area contributed by atoms with Crippen LogP contribution in [0.3, 0.4) is 0 Å². The second-order valence-corrected chi connectivity index (χ2v) is 6.99. The molecule has 0 fully saturated rings. The van der Waals surface area contributed by atoms with Gasteiger partial charge in [-0.2, -0.15) is 0 Å². The van der Waals surface area contributed by atoms with Gasteiger partial charge in [0.2, 0.25) is 0 Å². The Morgan fingerprint density at radius 3 is 1.68 bits per heavy atom. The normalized spacial score (nSPS) is 10.8. The Morgan fingerprint density at radius 2 is 1.08 bits per heavy atom. The summed E-state index contributed by atoms with van der Waals surface area (Å²) in [6, 6.07) is 18.9. The van der Waals surface area contributed by atoms with E-state index in [0.29, 0.717) is 0 Å². The summed E-state index contributed by atoms with van der Waals surface area (Å²) in [6.45, 7) is 0.820. The minimum absolute atomic E-state index is 0.814.